The Balaban J connectivity index is 2.67. The van der Waals surface area contributed by atoms with Gasteiger partial charge >= 0.3 is 0 Å². The fourth-order valence-electron chi connectivity index (χ4n) is 1.76. The van der Waals surface area contributed by atoms with Gasteiger partial charge in [0.2, 0.25) is 0 Å². The Hall–Kier alpha value is -1.15. The number of ketones is 1. The Bertz CT molecular complexity index is 319. The summed E-state index contributed by atoms with van der Waals surface area (Å²) in [4.78, 5) is 11.8. The van der Waals surface area contributed by atoms with E-state index in [1.54, 1.807) is 0 Å². The quantitative estimate of drug-likeness (QED) is 0.796. The molecule has 1 aromatic rings. The maximum absolute atomic E-state index is 11.8. The molecule has 0 heterocycles. The van der Waals surface area contributed by atoms with Gasteiger partial charge in [0.1, 0.15) is 5.78 Å². The normalized spacial score (nSPS) is 12.8. The van der Waals surface area contributed by atoms with E-state index >= 15 is 0 Å². The Morgan fingerprint density at radius 2 is 1.88 bits per heavy atom. The summed E-state index contributed by atoms with van der Waals surface area (Å²) >= 11 is 0. The lowest BCUT2D eigenvalue weighted by atomic mass is 10.0. The molecular weight excluding hydrogens is 198 g/mol. The summed E-state index contributed by atoms with van der Waals surface area (Å²) in [5.74, 6) is 0.289. The molecule has 1 atom stereocenters. The average Bonchev–Trinajstić information content (AvgIpc) is 2.28. The maximum Gasteiger partial charge on any atom is 0.149 e. The van der Waals surface area contributed by atoms with Gasteiger partial charge in [-0.1, -0.05) is 51.1 Å². The summed E-state index contributed by atoms with van der Waals surface area (Å²) in [7, 11) is 0. The van der Waals surface area contributed by atoms with Gasteiger partial charge in [-0.2, -0.15) is 0 Å². The van der Waals surface area contributed by atoms with Crippen molar-refractivity contribution in [3.63, 3.8) is 0 Å². The molecule has 0 unspecified atom stereocenters. The van der Waals surface area contributed by atoms with Crippen molar-refractivity contribution >= 4 is 5.78 Å². The first kappa shape index (κ1) is 12.9. The monoisotopic (exact) mass is 219 g/mol. The van der Waals surface area contributed by atoms with Crippen LogP contribution in [0.4, 0.5) is 0 Å². The fraction of sp³-hybridized carbons (Fsp3) is 0.500. The molecule has 0 bridgehead atoms. The largest absolute Gasteiger partial charge is 0.305 e. The van der Waals surface area contributed by atoms with Crippen molar-refractivity contribution in [3.8, 4) is 0 Å². The van der Waals surface area contributed by atoms with Gasteiger partial charge in [-0.05, 0) is 12.0 Å². The van der Waals surface area contributed by atoms with E-state index in [1.165, 1.54) is 5.56 Å². The van der Waals surface area contributed by atoms with Crippen molar-refractivity contribution in [2.45, 2.75) is 45.7 Å². The zero-order chi connectivity index (χ0) is 12.0. The number of nitrogens with one attached hydrogen (secondary N) is 1. The lowest BCUT2D eigenvalue weighted by Crippen LogP contribution is -2.42. The Morgan fingerprint density at radius 1 is 1.25 bits per heavy atom. The average molecular weight is 219 g/mol. The van der Waals surface area contributed by atoms with Crippen molar-refractivity contribution < 1.29 is 4.79 Å². The predicted octanol–water partition coefficient (Wildman–Crippen LogP) is 2.57. The molecule has 16 heavy (non-hydrogen) atoms. The highest BCUT2D eigenvalue weighted by Crippen LogP contribution is 2.06. The van der Waals surface area contributed by atoms with Crippen LogP contribution in [0.25, 0.3) is 0 Å². The Morgan fingerprint density at radius 3 is 2.38 bits per heavy atom. The van der Waals surface area contributed by atoms with Gasteiger partial charge in [0.15, 0.2) is 0 Å². The van der Waals surface area contributed by atoms with Crippen LogP contribution in [0.1, 0.15) is 32.8 Å². The molecule has 1 rings (SSSR count). The molecule has 0 aliphatic heterocycles. The first-order valence-corrected chi connectivity index (χ1v) is 5.96. The van der Waals surface area contributed by atoms with E-state index in [-0.39, 0.29) is 11.8 Å². The van der Waals surface area contributed by atoms with Crippen LogP contribution in [-0.2, 0) is 11.2 Å². The van der Waals surface area contributed by atoms with E-state index in [2.05, 4.69) is 31.3 Å². The third-order valence-electron chi connectivity index (χ3n) is 2.55. The zero-order valence-electron chi connectivity index (χ0n) is 10.4. The molecular formula is C14H21NO. The van der Waals surface area contributed by atoms with Gasteiger partial charge in [-0.15, -0.1) is 0 Å². The fourth-order valence-corrected chi connectivity index (χ4v) is 1.76. The first-order valence-electron chi connectivity index (χ1n) is 5.96. The molecule has 1 aromatic carbocycles. The second-order valence-corrected chi connectivity index (χ2v) is 4.38. The number of Topliss-reactive ketones (excluding diaryl/α,β-unsaturated/α-hetero) is 1. The van der Waals surface area contributed by atoms with Crippen molar-refractivity contribution in [3.05, 3.63) is 35.9 Å². The van der Waals surface area contributed by atoms with E-state index in [4.69, 9.17) is 0 Å². The number of carbonyl (C=O) groups excluding carboxylic acids is 1. The number of rotatable bonds is 6. The molecule has 0 spiro atoms. The topological polar surface area (TPSA) is 29.1 Å². The SMILES string of the molecule is CCC(=O)[C@H](Cc1ccccc1)NC(C)C. The number of carbonyl (C=O) groups is 1. The van der Waals surface area contributed by atoms with E-state index in [9.17, 15) is 4.79 Å². The van der Waals surface area contributed by atoms with Crippen LogP contribution in [0.15, 0.2) is 30.3 Å². The molecule has 0 aliphatic rings. The number of hydrogen-bond donors (Lipinski definition) is 1. The van der Waals surface area contributed by atoms with Gasteiger partial charge in [-0.25, -0.2) is 0 Å². The molecule has 0 fully saturated rings. The lowest BCUT2D eigenvalue weighted by Gasteiger charge is -2.19. The zero-order valence-corrected chi connectivity index (χ0v) is 10.4. The molecule has 0 saturated carbocycles. The summed E-state index contributed by atoms with van der Waals surface area (Å²) in [5, 5.41) is 3.33. The summed E-state index contributed by atoms with van der Waals surface area (Å²) in [6.45, 7) is 6.06. The lowest BCUT2D eigenvalue weighted by molar-refractivity contribution is -0.120. The van der Waals surface area contributed by atoms with E-state index in [0.717, 1.165) is 6.42 Å². The molecule has 88 valence electrons. The van der Waals surface area contributed by atoms with E-state index in [1.807, 2.05) is 25.1 Å². The van der Waals surface area contributed by atoms with Gasteiger partial charge in [0, 0.05) is 12.5 Å². The maximum atomic E-state index is 11.8. The van der Waals surface area contributed by atoms with Gasteiger partial charge in [0.25, 0.3) is 0 Å². The van der Waals surface area contributed by atoms with Gasteiger partial charge in [-0.3, -0.25) is 4.79 Å². The van der Waals surface area contributed by atoms with Crippen molar-refractivity contribution in [2.75, 3.05) is 0 Å². The molecule has 0 aliphatic carbocycles. The molecule has 2 heteroatoms. The predicted molar refractivity (Wildman–Crippen MR) is 67.5 cm³/mol. The molecule has 0 amide bonds. The van der Waals surface area contributed by atoms with Crippen LogP contribution in [0.2, 0.25) is 0 Å². The second kappa shape index (κ2) is 6.44. The Labute approximate surface area is 98.1 Å². The van der Waals surface area contributed by atoms with E-state index < -0.39 is 0 Å². The van der Waals surface area contributed by atoms with Crippen LogP contribution >= 0.6 is 0 Å². The van der Waals surface area contributed by atoms with Crippen molar-refractivity contribution in [1.29, 1.82) is 0 Å². The minimum atomic E-state index is -0.0487. The number of hydrogen-bond acceptors (Lipinski definition) is 2. The van der Waals surface area contributed by atoms with E-state index in [0.29, 0.717) is 12.5 Å². The van der Waals surface area contributed by atoms with Crippen LogP contribution in [0.3, 0.4) is 0 Å². The van der Waals surface area contributed by atoms with Crippen LogP contribution in [0.5, 0.6) is 0 Å². The highest BCUT2D eigenvalue weighted by molar-refractivity contribution is 5.84. The first-order chi connectivity index (χ1) is 7.63. The second-order valence-electron chi connectivity index (χ2n) is 4.38. The third-order valence-corrected chi connectivity index (χ3v) is 2.55. The standard InChI is InChI=1S/C14H21NO/c1-4-14(16)13(15-11(2)3)10-12-8-6-5-7-9-12/h5-9,11,13,15H,4,10H2,1-3H3/t13-/m0/s1. The highest BCUT2D eigenvalue weighted by Gasteiger charge is 2.17. The summed E-state index contributed by atoms with van der Waals surface area (Å²) in [5.41, 5.74) is 1.21. The molecule has 0 radical (unpaired) electrons. The third kappa shape index (κ3) is 4.15. The summed E-state index contributed by atoms with van der Waals surface area (Å²) < 4.78 is 0. The van der Waals surface area contributed by atoms with Crippen LogP contribution in [-0.4, -0.2) is 17.9 Å². The van der Waals surface area contributed by atoms with Crippen LogP contribution < -0.4 is 5.32 Å². The van der Waals surface area contributed by atoms with Gasteiger partial charge < -0.3 is 5.32 Å². The minimum Gasteiger partial charge on any atom is -0.305 e. The highest BCUT2D eigenvalue weighted by atomic mass is 16.1. The molecule has 2 nitrogen and oxygen atoms in total. The van der Waals surface area contributed by atoms with Crippen LogP contribution in [0, 0.1) is 0 Å². The minimum absolute atomic E-state index is 0.0487. The molecule has 1 N–H and O–H groups in total. The number of benzene rings is 1. The van der Waals surface area contributed by atoms with Crippen molar-refractivity contribution in [2.24, 2.45) is 0 Å². The molecule has 0 aromatic heterocycles. The molecule has 0 saturated heterocycles. The smallest absolute Gasteiger partial charge is 0.149 e. The van der Waals surface area contributed by atoms with Gasteiger partial charge in [0.05, 0.1) is 6.04 Å². The van der Waals surface area contributed by atoms with Crippen molar-refractivity contribution in [1.82, 2.24) is 5.32 Å². The Kier molecular flexibility index (Phi) is 5.20. The summed E-state index contributed by atoms with van der Waals surface area (Å²) in [6.07, 6.45) is 1.38. The summed E-state index contributed by atoms with van der Waals surface area (Å²) in [6, 6.07) is 10.4.